The maximum absolute atomic E-state index is 13.3. The van der Waals surface area contributed by atoms with Gasteiger partial charge < -0.3 is 9.84 Å². The summed E-state index contributed by atoms with van der Waals surface area (Å²) >= 11 is 7.42. The summed E-state index contributed by atoms with van der Waals surface area (Å²) in [5.74, 6) is -0.834. The van der Waals surface area contributed by atoms with Crippen LogP contribution in [0.25, 0.3) is 16.5 Å². The minimum atomic E-state index is -1.07. The van der Waals surface area contributed by atoms with Crippen LogP contribution in [0.15, 0.2) is 42.6 Å². The molecule has 0 aliphatic carbocycles. The molecule has 0 bridgehead atoms. The number of hydrogen-bond acceptors (Lipinski definition) is 5. The van der Waals surface area contributed by atoms with Crippen molar-refractivity contribution in [3.8, 4) is 16.3 Å². The summed E-state index contributed by atoms with van der Waals surface area (Å²) in [6.45, 7) is 3.86. The van der Waals surface area contributed by atoms with Crippen LogP contribution >= 0.6 is 22.9 Å². The Kier molecular flexibility index (Phi) is 6.15. The highest BCUT2D eigenvalue weighted by Gasteiger charge is 2.23. The molecule has 1 N–H and O–H groups in total. The molecule has 0 fully saturated rings. The van der Waals surface area contributed by atoms with Gasteiger partial charge in [0.15, 0.2) is 5.78 Å². The number of carbonyl (C=O) groups excluding carboxylic acids is 1. The molecule has 29 heavy (non-hydrogen) atoms. The van der Waals surface area contributed by atoms with Crippen molar-refractivity contribution >= 4 is 40.8 Å². The molecular weight excluding hydrogens is 410 g/mol. The molecule has 0 radical (unpaired) electrons. The number of halogens is 1. The quantitative estimate of drug-likeness (QED) is 0.420. The lowest BCUT2D eigenvalue weighted by atomic mass is 9.96. The fourth-order valence-electron chi connectivity index (χ4n) is 2.89. The average Bonchev–Trinajstić information content (AvgIpc) is 3.00. The lowest BCUT2D eigenvalue weighted by Gasteiger charge is -2.10. The molecule has 0 saturated heterocycles. The van der Waals surface area contributed by atoms with E-state index < -0.39 is 5.97 Å². The van der Waals surface area contributed by atoms with Gasteiger partial charge in [0.1, 0.15) is 0 Å². The first-order valence-corrected chi connectivity index (χ1v) is 9.87. The highest BCUT2D eigenvalue weighted by Crippen LogP contribution is 2.39. The predicted molar refractivity (Wildman–Crippen MR) is 115 cm³/mol. The van der Waals surface area contributed by atoms with Crippen LogP contribution in [0.1, 0.15) is 31.9 Å². The summed E-state index contributed by atoms with van der Waals surface area (Å²) in [7, 11) is 1.49. The van der Waals surface area contributed by atoms with Crippen LogP contribution in [0.2, 0.25) is 5.02 Å². The van der Waals surface area contributed by atoms with Crippen LogP contribution in [-0.2, 0) is 4.79 Å². The summed E-state index contributed by atoms with van der Waals surface area (Å²) in [6.07, 6.45) is 4.12. The number of nitrogens with zero attached hydrogens (tertiary/aromatic N) is 1. The molecule has 1 aromatic carbocycles. The first kappa shape index (κ1) is 20.8. The molecule has 2 heterocycles. The van der Waals surface area contributed by atoms with Crippen molar-refractivity contribution in [2.24, 2.45) is 0 Å². The third-order valence-corrected chi connectivity index (χ3v) is 5.98. The predicted octanol–water partition coefficient (Wildman–Crippen LogP) is 5.42. The lowest BCUT2D eigenvalue weighted by Crippen LogP contribution is -2.04. The zero-order valence-electron chi connectivity index (χ0n) is 16.0. The van der Waals surface area contributed by atoms with E-state index >= 15 is 0 Å². The molecule has 0 amide bonds. The number of aryl methyl sites for hydroxylation is 1. The van der Waals surface area contributed by atoms with Crippen LogP contribution in [0, 0.1) is 13.8 Å². The van der Waals surface area contributed by atoms with Gasteiger partial charge in [-0.3, -0.25) is 4.79 Å². The smallest absolute Gasteiger partial charge is 0.328 e. The van der Waals surface area contributed by atoms with Gasteiger partial charge in [0, 0.05) is 49.8 Å². The van der Waals surface area contributed by atoms with E-state index in [1.165, 1.54) is 24.5 Å². The number of pyridine rings is 1. The van der Waals surface area contributed by atoms with Crippen molar-refractivity contribution in [2.75, 3.05) is 7.11 Å². The van der Waals surface area contributed by atoms with Crippen molar-refractivity contribution in [3.05, 3.63) is 74.8 Å². The molecule has 3 rings (SSSR count). The lowest BCUT2D eigenvalue weighted by molar-refractivity contribution is -0.131. The molecule has 0 aliphatic rings. The molecule has 0 spiro atoms. The Bertz CT molecular complexity index is 1120. The van der Waals surface area contributed by atoms with Crippen LogP contribution in [-0.4, -0.2) is 29.0 Å². The fraction of sp³-hybridized carbons (Fsp3) is 0.136. The summed E-state index contributed by atoms with van der Waals surface area (Å²) in [5, 5.41) is 9.58. The number of carboxylic acid groups (broad SMARTS) is 1. The van der Waals surface area contributed by atoms with E-state index in [2.05, 4.69) is 4.98 Å². The van der Waals surface area contributed by atoms with E-state index in [1.807, 2.05) is 13.8 Å². The van der Waals surface area contributed by atoms with E-state index in [-0.39, 0.29) is 5.78 Å². The number of hydrogen-bond donors (Lipinski definition) is 1. The van der Waals surface area contributed by atoms with Gasteiger partial charge >= 0.3 is 5.97 Å². The molecule has 3 aromatic rings. The molecule has 0 saturated carbocycles. The summed E-state index contributed by atoms with van der Waals surface area (Å²) in [4.78, 5) is 30.3. The highest BCUT2D eigenvalue weighted by atomic mass is 35.5. The summed E-state index contributed by atoms with van der Waals surface area (Å²) in [5.41, 5.74) is 3.26. The molecule has 2 aromatic heterocycles. The molecule has 0 unspecified atom stereocenters. The highest BCUT2D eigenvalue weighted by molar-refractivity contribution is 7.16. The Morgan fingerprint density at radius 1 is 1.21 bits per heavy atom. The topological polar surface area (TPSA) is 76.5 Å². The first-order valence-electron chi connectivity index (χ1n) is 8.67. The SMILES string of the molecule is COc1cc(/C=C/C(=O)O)c(-c2sc(C)c(C)c2C(=O)c2ccc(Cl)cc2)cn1. The van der Waals surface area contributed by atoms with Crippen molar-refractivity contribution < 1.29 is 19.4 Å². The van der Waals surface area contributed by atoms with E-state index in [9.17, 15) is 9.59 Å². The average molecular weight is 428 g/mol. The number of carbonyl (C=O) groups is 2. The van der Waals surface area contributed by atoms with E-state index in [1.54, 1.807) is 36.5 Å². The number of benzene rings is 1. The Balaban J connectivity index is 2.20. The van der Waals surface area contributed by atoms with Crippen LogP contribution in [0.5, 0.6) is 5.88 Å². The Morgan fingerprint density at radius 2 is 1.90 bits per heavy atom. The maximum Gasteiger partial charge on any atom is 0.328 e. The Labute approximate surface area is 177 Å². The summed E-state index contributed by atoms with van der Waals surface area (Å²) in [6, 6.07) is 8.39. The second-order valence-corrected chi connectivity index (χ2v) is 7.97. The van der Waals surface area contributed by atoms with Crippen LogP contribution in [0.4, 0.5) is 0 Å². The zero-order chi connectivity index (χ0) is 21.1. The van der Waals surface area contributed by atoms with Crippen molar-refractivity contribution in [1.82, 2.24) is 4.98 Å². The third-order valence-electron chi connectivity index (χ3n) is 4.49. The fourth-order valence-corrected chi connectivity index (χ4v) is 4.20. The number of thiophene rings is 1. The number of ether oxygens (including phenoxy) is 1. The van der Waals surface area contributed by atoms with Gasteiger partial charge in [0.2, 0.25) is 5.88 Å². The molecule has 7 heteroatoms. The first-order chi connectivity index (χ1) is 13.8. The van der Waals surface area contributed by atoms with Gasteiger partial charge in [-0.15, -0.1) is 11.3 Å². The minimum absolute atomic E-state index is 0.123. The van der Waals surface area contributed by atoms with Crippen molar-refractivity contribution in [1.29, 1.82) is 0 Å². The second kappa shape index (κ2) is 8.59. The van der Waals surface area contributed by atoms with Crippen LogP contribution < -0.4 is 4.74 Å². The van der Waals surface area contributed by atoms with Gasteiger partial charge in [0.05, 0.1) is 7.11 Å². The minimum Gasteiger partial charge on any atom is -0.481 e. The van der Waals surface area contributed by atoms with E-state index in [0.29, 0.717) is 33.2 Å². The van der Waals surface area contributed by atoms with Crippen LogP contribution in [0.3, 0.4) is 0 Å². The number of rotatable bonds is 6. The molecule has 148 valence electrons. The second-order valence-electron chi connectivity index (χ2n) is 6.31. The number of ketones is 1. The van der Waals surface area contributed by atoms with Gasteiger partial charge in [-0.2, -0.15) is 0 Å². The Morgan fingerprint density at radius 3 is 2.52 bits per heavy atom. The van der Waals surface area contributed by atoms with Gasteiger partial charge in [-0.1, -0.05) is 11.6 Å². The number of methoxy groups -OCH3 is 1. The number of aromatic nitrogens is 1. The van der Waals surface area contributed by atoms with Gasteiger partial charge in [-0.25, -0.2) is 9.78 Å². The molecule has 0 atom stereocenters. The standard InChI is InChI=1S/C22H18ClNO4S/c1-12-13(2)29-22(20(12)21(27)14-4-7-16(23)8-5-14)17-11-24-18(28-3)10-15(17)6-9-19(25)26/h4-11H,1-3H3,(H,25,26)/b9-6+. The zero-order valence-corrected chi connectivity index (χ0v) is 17.6. The molecule has 0 aliphatic heterocycles. The normalized spacial score (nSPS) is 11.0. The van der Waals surface area contributed by atoms with Gasteiger partial charge in [-0.05, 0) is 55.3 Å². The largest absolute Gasteiger partial charge is 0.481 e. The number of aliphatic carboxylic acids is 1. The van der Waals surface area contributed by atoms with Gasteiger partial charge in [0.25, 0.3) is 0 Å². The monoisotopic (exact) mass is 427 g/mol. The molecule has 5 nitrogen and oxygen atoms in total. The summed E-state index contributed by atoms with van der Waals surface area (Å²) < 4.78 is 5.17. The third kappa shape index (κ3) is 4.39. The van der Waals surface area contributed by atoms with Crippen molar-refractivity contribution in [3.63, 3.8) is 0 Å². The maximum atomic E-state index is 13.3. The number of carboxylic acids is 1. The Hall–Kier alpha value is -2.96. The van der Waals surface area contributed by atoms with E-state index in [4.69, 9.17) is 21.4 Å². The van der Waals surface area contributed by atoms with Crippen molar-refractivity contribution in [2.45, 2.75) is 13.8 Å². The van der Waals surface area contributed by atoms with E-state index in [0.717, 1.165) is 21.4 Å². The molecular formula is C22H18ClNO4S.